The van der Waals surface area contributed by atoms with Crippen molar-refractivity contribution in [2.45, 2.75) is 12.5 Å². The van der Waals surface area contributed by atoms with E-state index in [2.05, 4.69) is 15.6 Å². The largest absolute Gasteiger partial charge is 0.459 e. The van der Waals surface area contributed by atoms with E-state index in [1.165, 1.54) is 29.3 Å². The maximum Gasteiger partial charge on any atom is 0.287 e. The molecule has 0 aliphatic carbocycles. The van der Waals surface area contributed by atoms with E-state index in [0.29, 0.717) is 5.69 Å². The molecule has 31 heavy (non-hydrogen) atoms. The van der Waals surface area contributed by atoms with Crippen molar-refractivity contribution in [3.05, 3.63) is 103 Å². The van der Waals surface area contributed by atoms with E-state index in [0.717, 1.165) is 5.56 Å². The van der Waals surface area contributed by atoms with Crippen molar-refractivity contribution in [2.24, 2.45) is 0 Å². The van der Waals surface area contributed by atoms with Crippen LogP contribution in [0.2, 0.25) is 0 Å². The lowest BCUT2D eigenvalue weighted by atomic mass is 10.0. The van der Waals surface area contributed by atoms with Gasteiger partial charge in [0.1, 0.15) is 11.9 Å². The first-order valence-electron chi connectivity index (χ1n) is 9.57. The van der Waals surface area contributed by atoms with Crippen molar-refractivity contribution >= 4 is 17.5 Å². The quantitative estimate of drug-likeness (QED) is 0.480. The molecule has 4 aromatic rings. The van der Waals surface area contributed by atoms with E-state index in [-0.39, 0.29) is 17.9 Å². The Morgan fingerprint density at radius 1 is 1.10 bits per heavy atom. The van der Waals surface area contributed by atoms with Gasteiger partial charge in [-0.05, 0) is 35.9 Å². The first-order valence-corrected chi connectivity index (χ1v) is 9.57. The molecule has 7 nitrogen and oxygen atoms in total. The third kappa shape index (κ3) is 4.87. The monoisotopic (exact) mass is 418 g/mol. The van der Waals surface area contributed by atoms with Gasteiger partial charge < -0.3 is 19.6 Å². The summed E-state index contributed by atoms with van der Waals surface area (Å²) in [7, 11) is 0. The summed E-state index contributed by atoms with van der Waals surface area (Å²) in [5.41, 5.74) is 1.45. The average molecular weight is 418 g/mol. The van der Waals surface area contributed by atoms with Crippen LogP contribution in [0.4, 0.5) is 10.1 Å². The molecule has 0 saturated carbocycles. The second-order valence-electron chi connectivity index (χ2n) is 6.82. The molecule has 8 heteroatoms. The number of benzene rings is 2. The van der Waals surface area contributed by atoms with Crippen molar-refractivity contribution in [3.8, 4) is 5.69 Å². The highest BCUT2D eigenvalue weighted by Crippen LogP contribution is 2.19. The maximum absolute atomic E-state index is 14.5. The Hall–Kier alpha value is -4.20. The first-order chi connectivity index (χ1) is 15.1. The van der Waals surface area contributed by atoms with E-state index in [9.17, 15) is 14.0 Å². The van der Waals surface area contributed by atoms with Gasteiger partial charge in [0.2, 0.25) is 5.91 Å². The minimum absolute atomic E-state index is 0.0987. The Bertz CT molecular complexity index is 1160. The second-order valence-corrected chi connectivity index (χ2v) is 6.82. The zero-order valence-corrected chi connectivity index (χ0v) is 16.4. The average Bonchev–Trinajstić information content (AvgIpc) is 3.48. The van der Waals surface area contributed by atoms with Gasteiger partial charge in [0.25, 0.3) is 5.91 Å². The molecule has 0 fully saturated rings. The van der Waals surface area contributed by atoms with Crippen LogP contribution >= 0.6 is 0 Å². The lowest BCUT2D eigenvalue weighted by Gasteiger charge is -2.18. The zero-order chi connectivity index (χ0) is 21.6. The van der Waals surface area contributed by atoms with Gasteiger partial charge in [-0.25, -0.2) is 9.37 Å². The molecular formula is C23H19FN4O3. The summed E-state index contributed by atoms with van der Waals surface area (Å²) in [6.07, 6.45) is 6.29. The number of aromatic nitrogens is 2. The van der Waals surface area contributed by atoms with Gasteiger partial charge in [0.05, 0.1) is 18.3 Å². The van der Waals surface area contributed by atoms with Crippen LogP contribution < -0.4 is 10.6 Å². The predicted octanol–water partition coefficient (Wildman–Crippen LogP) is 3.58. The van der Waals surface area contributed by atoms with Gasteiger partial charge in [-0.15, -0.1) is 0 Å². The molecule has 1 atom stereocenters. The van der Waals surface area contributed by atoms with Gasteiger partial charge in [0.15, 0.2) is 5.76 Å². The SMILES string of the molecule is O=C(NC(Cc1ccccc1)C(=O)Nc1ccc(-n2ccnc2)c(F)c1)c1ccco1. The highest BCUT2D eigenvalue weighted by atomic mass is 19.1. The zero-order valence-electron chi connectivity index (χ0n) is 16.4. The number of anilines is 1. The molecule has 0 aliphatic rings. The number of rotatable bonds is 7. The maximum atomic E-state index is 14.5. The number of furan rings is 1. The van der Waals surface area contributed by atoms with E-state index in [1.807, 2.05) is 30.3 Å². The van der Waals surface area contributed by atoms with Crippen LogP contribution in [-0.4, -0.2) is 27.4 Å². The van der Waals surface area contributed by atoms with Crippen LogP contribution in [-0.2, 0) is 11.2 Å². The lowest BCUT2D eigenvalue weighted by Crippen LogP contribution is -2.45. The fourth-order valence-electron chi connectivity index (χ4n) is 3.12. The molecule has 0 radical (unpaired) electrons. The topological polar surface area (TPSA) is 89.2 Å². The van der Waals surface area contributed by atoms with Gasteiger partial charge in [-0.3, -0.25) is 9.59 Å². The van der Waals surface area contributed by atoms with Crippen LogP contribution in [0.25, 0.3) is 5.69 Å². The Morgan fingerprint density at radius 2 is 1.94 bits per heavy atom. The fraction of sp³-hybridized carbons (Fsp3) is 0.0870. The highest BCUT2D eigenvalue weighted by molar-refractivity contribution is 6.00. The molecule has 2 amide bonds. The third-order valence-electron chi connectivity index (χ3n) is 4.65. The molecule has 0 aliphatic heterocycles. The minimum Gasteiger partial charge on any atom is -0.459 e. The van der Waals surface area contributed by atoms with Crippen LogP contribution in [0.5, 0.6) is 0 Å². The first kappa shape index (κ1) is 20.1. The Morgan fingerprint density at radius 3 is 2.61 bits per heavy atom. The number of carbonyl (C=O) groups excluding carboxylic acids is 2. The van der Waals surface area contributed by atoms with Crippen molar-refractivity contribution in [1.29, 1.82) is 0 Å². The molecule has 1 unspecified atom stereocenters. The third-order valence-corrected chi connectivity index (χ3v) is 4.65. The Balaban J connectivity index is 1.52. The summed E-state index contributed by atoms with van der Waals surface area (Å²) < 4.78 is 21.2. The minimum atomic E-state index is -0.892. The summed E-state index contributed by atoms with van der Waals surface area (Å²) in [5.74, 6) is -1.40. The molecular weight excluding hydrogens is 399 g/mol. The van der Waals surface area contributed by atoms with Crippen molar-refractivity contribution < 1.29 is 18.4 Å². The standard InChI is InChI=1S/C23H19FN4O3/c24-18-14-17(8-9-20(18)28-11-10-25-15-28)26-22(29)19(13-16-5-2-1-3-6-16)27-23(30)21-7-4-12-31-21/h1-12,14-15,19H,13H2,(H,26,29)(H,27,30). The normalized spacial score (nSPS) is 11.6. The molecule has 4 rings (SSSR count). The van der Waals surface area contributed by atoms with Gasteiger partial charge in [0, 0.05) is 24.5 Å². The number of nitrogens with zero attached hydrogens (tertiary/aromatic N) is 2. The number of hydrogen-bond donors (Lipinski definition) is 2. The molecule has 2 aromatic carbocycles. The van der Waals surface area contributed by atoms with E-state index < -0.39 is 23.7 Å². The Labute approximate surface area is 177 Å². The number of halogens is 1. The molecule has 2 N–H and O–H groups in total. The van der Waals surface area contributed by atoms with Crippen molar-refractivity contribution in [3.63, 3.8) is 0 Å². The molecule has 0 bridgehead atoms. The summed E-state index contributed by atoms with van der Waals surface area (Å²) in [6.45, 7) is 0. The summed E-state index contributed by atoms with van der Waals surface area (Å²) in [4.78, 5) is 29.3. The smallest absolute Gasteiger partial charge is 0.287 e. The highest BCUT2D eigenvalue weighted by Gasteiger charge is 2.23. The fourth-order valence-corrected chi connectivity index (χ4v) is 3.12. The molecule has 0 spiro atoms. The van der Waals surface area contributed by atoms with Crippen molar-refractivity contribution in [2.75, 3.05) is 5.32 Å². The van der Waals surface area contributed by atoms with E-state index in [1.54, 1.807) is 30.6 Å². The number of carbonyl (C=O) groups is 2. The lowest BCUT2D eigenvalue weighted by molar-refractivity contribution is -0.118. The van der Waals surface area contributed by atoms with E-state index >= 15 is 0 Å². The van der Waals surface area contributed by atoms with E-state index in [4.69, 9.17) is 4.42 Å². The second kappa shape index (κ2) is 9.08. The van der Waals surface area contributed by atoms with Crippen molar-refractivity contribution in [1.82, 2.24) is 14.9 Å². The van der Waals surface area contributed by atoms with Gasteiger partial charge >= 0.3 is 0 Å². The molecule has 156 valence electrons. The number of nitrogens with one attached hydrogen (secondary N) is 2. The number of hydrogen-bond acceptors (Lipinski definition) is 4. The van der Waals surface area contributed by atoms with Gasteiger partial charge in [-0.2, -0.15) is 0 Å². The molecule has 2 heterocycles. The van der Waals surface area contributed by atoms with Crippen LogP contribution in [0.1, 0.15) is 16.1 Å². The Kier molecular flexibility index (Phi) is 5.89. The summed E-state index contributed by atoms with van der Waals surface area (Å²) in [5, 5.41) is 5.36. The van der Waals surface area contributed by atoms with Gasteiger partial charge in [-0.1, -0.05) is 30.3 Å². The summed E-state index contributed by atoms with van der Waals surface area (Å²) in [6, 6.07) is 15.8. The van der Waals surface area contributed by atoms with Crippen LogP contribution in [0.3, 0.4) is 0 Å². The number of amides is 2. The number of imidazole rings is 1. The summed E-state index contributed by atoms with van der Waals surface area (Å²) >= 11 is 0. The predicted molar refractivity (Wildman–Crippen MR) is 112 cm³/mol. The molecule has 2 aromatic heterocycles. The molecule has 0 saturated heterocycles. The van der Waals surface area contributed by atoms with Crippen LogP contribution in [0, 0.1) is 5.82 Å². The van der Waals surface area contributed by atoms with Crippen LogP contribution in [0.15, 0.2) is 90.1 Å².